The third kappa shape index (κ3) is 5.13. The van der Waals surface area contributed by atoms with Crippen molar-refractivity contribution in [2.24, 2.45) is 4.99 Å². The highest BCUT2D eigenvalue weighted by atomic mass is 79.9. The van der Waals surface area contributed by atoms with Gasteiger partial charge in [-0.3, -0.25) is 9.79 Å². The van der Waals surface area contributed by atoms with E-state index in [1.807, 2.05) is 43.3 Å². The van der Waals surface area contributed by atoms with Gasteiger partial charge in [-0.1, -0.05) is 28.1 Å². The number of aliphatic imine (C=N–C) groups is 1. The van der Waals surface area contributed by atoms with E-state index < -0.39 is 0 Å². The molecule has 0 unspecified atom stereocenters. The average Bonchev–Trinajstić information content (AvgIpc) is 3.12. The molecule has 3 N–H and O–H groups in total. The monoisotopic (exact) mass is 432 g/mol. The number of hydrogen-bond donors (Lipinski definition) is 3. The summed E-state index contributed by atoms with van der Waals surface area (Å²) in [6.07, 6.45) is 0. The Bertz CT molecular complexity index is 870. The molecule has 1 amide bonds. The van der Waals surface area contributed by atoms with Crippen LogP contribution in [0, 0.1) is 6.92 Å². The van der Waals surface area contributed by atoms with Gasteiger partial charge in [-0.2, -0.15) is 0 Å². The number of guanidine groups is 1. The molecular formula is C19H21BrN4O3. The van der Waals surface area contributed by atoms with Crippen LogP contribution in [0.5, 0.6) is 11.5 Å². The molecule has 1 heterocycles. The highest BCUT2D eigenvalue weighted by Gasteiger charge is 2.13. The van der Waals surface area contributed by atoms with Gasteiger partial charge in [0.2, 0.25) is 12.7 Å². The number of carbonyl (C=O) groups excluding carboxylic acids is 1. The zero-order chi connectivity index (χ0) is 19.2. The number of nitrogens with one attached hydrogen (secondary N) is 3. The summed E-state index contributed by atoms with van der Waals surface area (Å²) in [6, 6.07) is 11.5. The molecule has 142 valence electrons. The van der Waals surface area contributed by atoms with Gasteiger partial charge >= 0.3 is 0 Å². The first-order valence-electron chi connectivity index (χ1n) is 8.44. The second-order valence-electron chi connectivity index (χ2n) is 5.97. The van der Waals surface area contributed by atoms with Gasteiger partial charge in [-0.05, 0) is 42.3 Å². The molecule has 0 bridgehead atoms. The lowest BCUT2D eigenvalue weighted by Crippen LogP contribution is -2.41. The van der Waals surface area contributed by atoms with Crippen molar-refractivity contribution in [3.63, 3.8) is 0 Å². The van der Waals surface area contributed by atoms with Crippen molar-refractivity contribution in [3.05, 3.63) is 52.0 Å². The fraction of sp³-hybridized carbons (Fsp3) is 0.263. The molecule has 0 saturated heterocycles. The number of anilines is 1. The molecule has 1 aliphatic rings. The van der Waals surface area contributed by atoms with Crippen LogP contribution in [0.3, 0.4) is 0 Å². The maximum atomic E-state index is 12.2. The summed E-state index contributed by atoms with van der Waals surface area (Å²) < 4.78 is 11.6. The second-order valence-corrected chi connectivity index (χ2v) is 6.89. The molecule has 0 fully saturated rings. The normalized spacial score (nSPS) is 12.6. The zero-order valence-electron chi connectivity index (χ0n) is 15.1. The Labute approximate surface area is 166 Å². The number of aryl methyl sites for hydroxylation is 1. The van der Waals surface area contributed by atoms with Gasteiger partial charge in [0.05, 0.1) is 6.54 Å². The quantitative estimate of drug-likeness (QED) is 0.499. The van der Waals surface area contributed by atoms with E-state index in [4.69, 9.17) is 9.47 Å². The van der Waals surface area contributed by atoms with Crippen molar-refractivity contribution in [3.8, 4) is 11.5 Å². The van der Waals surface area contributed by atoms with E-state index in [2.05, 4.69) is 36.9 Å². The van der Waals surface area contributed by atoms with Gasteiger partial charge in [0.25, 0.3) is 0 Å². The SMILES string of the molecule is CN=C(NCC(=O)Nc1cc(Br)ccc1C)NCc1ccc2c(c1)OCO2. The van der Waals surface area contributed by atoms with E-state index >= 15 is 0 Å². The largest absolute Gasteiger partial charge is 0.454 e. The van der Waals surface area contributed by atoms with Crippen LogP contribution in [0.1, 0.15) is 11.1 Å². The van der Waals surface area contributed by atoms with Crippen LogP contribution in [0.15, 0.2) is 45.9 Å². The average molecular weight is 433 g/mol. The first-order valence-corrected chi connectivity index (χ1v) is 9.23. The van der Waals surface area contributed by atoms with Crippen LogP contribution in [-0.4, -0.2) is 32.3 Å². The van der Waals surface area contributed by atoms with Gasteiger partial charge in [-0.25, -0.2) is 0 Å². The maximum absolute atomic E-state index is 12.2. The van der Waals surface area contributed by atoms with Crippen LogP contribution in [0.4, 0.5) is 5.69 Å². The minimum atomic E-state index is -0.151. The van der Waals surface area contributed by atoms with E-state index in [1.165, 1.54) is 0 Å². The third-order valence-electron chi connectivity index (χ3n) is 4.01. The van der Waals surface area contributed by atoms with E-state index in [1.54, 1.807) is 7.05 Å². The van der Waals surface area contributed by atoms with E-state index in [0.29, 0.717) is 12.5 Å². The second kappa shape index (κ2) is 8.77. The van der Waals surface area contributed by atoms with Crippen molar-refractivity contribution in [2.45, 2.75) is 13.5 Å². The Morgan fingerprint density at radius 2 is 1.96 bits per heavy atom. The van der Waals surface area contributed by atoms with Gasteiger partial charge in [0.1, 0.15) is 0 Å². The molecule has 0 radical (unpaired) electrons. The Morgan fingerprint density at radius 1 is 1.15 bits per heavy atom. The predicted molar refractivity (Wildman–Crippen MR) is 108 cm³/mol. The summed E-state index contributed by atoms with van der Waals surface area (Å²) in [6.45, 7) is 2.85. The highest BCUT2D eigenvalue weighted by Crippen LogP contribution is 2.32. The third-order valence-corrected chi connectivity index (χ3v) is 4.50. The summed E-state index contributed by atoms with van der Waals surface area (Å²) in [7, 11) is 1.66. The summed E-state index contributed by atoms with van der Waals surface area (Å²) in [4.78, 5) is 16.3. The number of hydrogen-bond acceptors (Lipinski definition) is 4. The topological polar surface area (TPSA) is 84.0 Å². The molecular weight excluding hydrogens is 412 g/mol. The predicted octanol–water partition coefficient (Wildman–Crippen LogP) is 2.79. The smallest absolute Gasteiger partial charge is 0.243 e. The lowest BCUT2D eigenvalue weighted by atomic mass is 10.2. The van der Waals surface area contributed by atoms with Crippen LogP contribution in [-0.2, 0) is 11.3 Å². The summed E-state index contributed by atoms with van der Waals surface area (Å²) in [5.74, 6) is 1.87. The first-order chi connectivity index (χ1) is 13.0. The number of amides is 1. The highest BCUT2D eigenvalue weighted by molar-refractivity contribution is 9.10. The van der Waals surface area contributed by atoms with Gasteiger partial charge < -0.3 is 25.4 Å². The Morgan fingerprint density at radius 3 is 2.78 bits per heavy atom. The molecule has 0 saturated carbocycles. The number of rotatable bonds is 5. The molecule has 0 spiro atoms. The van der Waals surface area contributed by atoms with Crippen molar-refractivity contribution in [1.29, 1.82) is 0 Å². The first kappa shape index (κ1) is 19.0. The fourth-order valence-electron chi connectivity index (χ4n) is 2.54. The van der Waals surface area contributed by atoms with Crippen LogP contribution in [0.2, 0.25) is 0 Å². The number of halogens is 1. The van der Waals surface area contributed by atoms with E-state index in [0.717, 1.165) is 32.8 Å². The number of nitrogens with zero attached hydrogens (tertiary/aromatic N) is 1. The minimum Gasteiger partial charge on any atom is -0.454 e. The molecule has 2 aromatic rings. The number of ether oxygens (including phenoxy) is 2. The van der Waals surface area contributed by atoms with Crippen LogP contribution < -0.4 is 25.4 Å². The molecule has 0 aromatic heterocycles. The van der Waals surface area contributed by atoms with Crippen molar-refractivity contribution in [2.75, 3.05) is 25.7 Å². The molecule has 1 aliphatic heterocycles. The Hall–Kier alpha value is -2.74. The summed E-state index contributed by atoms with van der Waals surface area (Å²) in [5.41, 5.74) is 2.80. The lowest BCUT2D eigenvalue weighted by molar-refractivity contribution is -0.115. The number of benzene rings is 2. The van der Waals surface area contributed by atoms with E-state index in [9.17, 15) is 4.79 Å². The molecule has 3 rings (SSSR count). The number of fused-ring (bicyclic) bond motifs is 1. The molecule has 8 heteroatoms. The number of carbonyl (C=O) groups is 1. The lowest BCUT2D eigenvalue weighted by Gasteiger charge is -2.13. The van der Waals surface area contributed by atoms with Gasteiger partial charge in [0.15, 0.2) is 17.5 Å². The van der Waals surface area contributed by atoms with Crippen LogP contribution >= 0.6 is 15.9 Å². The van der Waals surface area contributed by atoms with Crippen LogP contribution in [0.25, 0.3) is 0 Å². The Kier molecular flexibility index (Phi) is 6.18. The molecule has 2 aromatic carbocycles. The zero-order valence-corrected chi connectivity index (χ0v) is 16.7. The van der Waals surface area contributed by atoms with Crippen molar-refractivity contribution in [1.82, 2.24) is 10.6 Å². The van der Waals surface area contributed by atoms with Gasteiger partial charge in [-0.15, -0.1) is 0 Å². The molecule has 0 aliphatic carbocycles. The molecule has 7 nitrogen and oxygen atoms in total. The molecule has 0 atom stereocenters. The van der Waals surface area contributed by atoms with E-state index in [-0.39, 0.29) is 19.2 Å². The van der Waals surface area contributed by atoms with Crippen molar-refractivity contribution >= 4 is 33.5 Å². The minimum absolute atomic E-state index is 0.104. The standard InChI is InChI=1S/C19H21BrN4O3/c1-12-3-5-14(20)8-15(12)24-18(25)10-23-19(21-2)22-9-13-4-6-16-17(7-13)27-11-26-16/h3-8H,9-11H2,1-2H3,(H,24,25)(H2,21,22,23). The van der Waals surface area contributed by atoms with Gasteiger partial charge in [0, 0.05) is 23.8 Å². The fourth-order valence-corrected chi connectivity index (χ4v) is 2.91. The summed E-state index contributed by atoms with van der Waals surface area (Å²) in [5, 5.41) is 9.06. The maximum Gasteiger partial charge on any atom is 0.243 e. The Balaban J connectivity index is 1.49. The van der Waals surface area contributed by atoms with Crippen molar-refractivity contribution < 1.29 is 14.3 Å². The molecule has 27 heavy (non-hydrogen) atoms. The summed E-state index contributed by atoms with van der Waals surface area (Å²) >= 11 is 3.41.